The number of thiophene rings is 1. The second-order valence-electron chi connectivity index (χ2n) is 3.30. The highest BCUT2D eigenvalue weighted by atomic mass is 127. The maximum Gasteiger partial charge on any atom is 0.197 e. The largest absolute Gasteiger partial charge is 0.466 e. The minimum absolute atomic E-state index is 0.0449. The van der Waals surface area contributed by atoms with Crippen LogP contribution in [0.25, 0.3) is 0 Å². The lowest BCUT2D eigenvalue weighted by Gasteiger charge is -1.93. The van der Waals surface area contributed by atoms with Crippen molar-refractivity contribution in [2.45, 2.75) is 13.8 Å². The van der Waals surface area contributed by atoms with Crippen LogP contribution in [0.5, 0.6) is 0 Å². The van der Waals surface area contributed by atoms with Crippen molar-refractivity contribution in [1.82, 2.24) is 0 Å². The zero-order valence-corrected chi connectivity index (χ0v) is 11.3. The molecule has 0 radical (unpaired) electrons. The lowest BCUT2D eigenvalue weighted by molar-refractivity contribution is 0.103. The molecule has 2 rings (SSSR count). The summed E-state index contributed by atoms with van der Waals surface area (Å²) in [5, 5.41) is 1.88. The molecule has 0 spiro atoms. The molecule has 0 N–H and O–H groups in total. The monoisotopic (exact) mass is 332 g/mol. The number of aryl methyl sites for hydroxylation is 2. The summed E-state index contributed by atoms with van der Waals surface area (Å²) in [4.78, 5) is 12.0. The molecule has 0 aromatic carbocycles. The normalized spacial score (nSPS) is 10.6. The van der Waals surface area contributed by atoms with Crippen LogP contribution in [-0.2, 0) is 0 Å². The van der Waals surface area contributed by atoms with E-state index in [1.54, 1.807) is 17.4 Å². The highest BCUT2D eigenvalue weighted by Gasteiger charge is 2.16. The molecular weight excluding hydrogens is 323 g/mol. The van der Waals surface area contributed by atoms with Gasteiger partial charge in [0, 0.05) is 10.9 Å². The molecule has 0 saturated carbocycles. The first kappa shape index (κ1) is 10.9. The van der Waals surface area contributed by atoms with E-state index in [-0.39, 0.29) is 5.78 Å². The first-order chi connectivity index (χ1) is 7.08. The first-order valence-electron chi connectivity index (χ1n) is 4.43. The summed E-state index contributed by atoms with van der Waals surface area (Å²) in [7, 11) is 0. The average Bonchev–Trinajstić information content (AvgIpc) is 2.71. The minimum atomic E-state index is 0.0449. The minimum Gasteiger partial charge on any atom is -0.466 e. The van der Waals surface area contributed by atoms with E-state index in [0.717, 1.165) is 14.2 Å². The molecule has 15 heavy (non-hydrogen) atoms. The summed E-state index contributed by atoms with van der Waals surface area (Å²) >= 11 is 3.79. The Morgan fingerprint density at radius 3 is 2.60 bits per heavy atom. The fourth-order valence-electron chi connectivity index (χ4n) is 1.44. The maximum absolute atomic E-state index is 12.0. The molecule has 2 nitrogen and oxygen atoms in total. The third-order valence-electron chi connectivity index (χ3n) is 2.12. The quantitative estimate of drug-likeness (QED) is 0.619. The summed E-state index contributed by atoms with van der Waals surface area (Å²) in [6, 6.07) is 3.69. The molecule has 0 saturated heterocycles. The molecule has 0 amide bonds. The third kappa shape index (κ3) is 2.15. The lowest BCUT2D eigenvalue weighted by atomic mass is 10.1. The van der Waals surface area contributed by atoms with Crippen molar-refractivity contribution in [2.24, 2.45) is 0 Å². The van der Waals surface area contributed by atoms with Crippen LogP contribution in [0.3, 0.4) is 0 Å². The number of furan rings is 1. The number of ketones is 1. The van der Waals surface area contributed by atoms with Crippen molar-refractivity contribution < 1.29 is 9.21 Å². The maximum atomic E-state index is 12.0. The van der Waals surface area contributed by atoms with Crippen LogP contribution >= 0.6 is 33.9 Å². The number of halogens is 1. The topological polar surface area (TPSA) is 30.2 Å². The molecule has 0 atom stereocenters. The standard InChI is InChI=1S/C11H9IO2S/c1-6-3-9(7(2)14-6)11(13)8-4-10(12)15-5-8/h3-5H,1-2H3. The molecule has 4 heteroatoms. The van der Waals surface area contributed by atoms with E-state index in [4.69, 9.17) is 4.42 Å². The number of carbonyl (C=O) groups is 1. The third-order valence-corrected chi connectivity index (χ3v) is 3.90. The second-order valence-corrected chi connectivity index (χ2v) is 6.10. The van der Waals surface area contributed by atoms with Gasteiger partial charge in [0.1, 0.15) is 11.5 Å². The van der Waals surface area contributed by atoms with Gasteiger partial charge in [-0.25, -0.2) is 0 Å². The fourth-order valence-corrected chi connectivity index (χ4v) is 2.77. The Labute approximate surface area is 105 Å². The highest BCUT2D eigenvalue weighted by molar-refractivity contribution is 14.1. The number of hydrogen-bond acceptors (Lipinski definition) is 3. The second kappa shape index (κ2) is 4.09. The molecule has 0 aliphatic rings. The predicted molar refractivity (Wildman–Crippen MR) is 68.7 cm³/mol. The van der Waals surface area contributed by atoms with E-state index in [1.807, 2.05) is 25.3 Å². The van der Waals surface area contributed by atoms with E-state index >= 15 is 0 Å². The zero-order chi connectivity index (χ0) is 11.0. The van der Waals surface area contributed by atoms with E-state index in [1.165, 1.54) is 0 Å². The van der Waals surface area contributed by atoms with Crippen LogP contribution in [0, 0.1) is 16.7 Å². The summed E-state index contributed by atoms with van der Waals surface area (Å²) in [6.07, 6.45) is 0. The number of carbonyl (C=O) groups excluding carboxylic acids is 1. The van der Waals surface area contributed by atoms with Crippen molar-refractivity contribution in [1.29, 1.82) is 0 Å². The molecule has 78 valence electrons. The summed E-state index contributed by atoms with van der Waals surface area (Å²) in [6.45, 7) is 3.67. The molecular formula is C11H9IO2S. The van der Waals surface area contributed by atoms with E-state index < -0.39 is 0 Å². The van der Waals surface area contributed by atoms with Gasteiger partial charge in [0.05, 0.1) is 8.45 Å². The molecule has 2 heterocycles. The number of rotatable bonds is 2. The Morgan fingerprint density at radius 1 is 1.40 bits per heavy atom. The Hall–Kier alpha value is -0.620. The SMILES string of the molecule is Cc1cc(C(=O)c2csc(I)c2)c(C)o1. The molecule has 2 aromatic heterocycles. The Bertz CT molecular complexity index is 510. The van der Waals surface area contributed by atoms with Crippen LogP contribution in [0.1, 0.15) is 27.4 Å². The summed E-state index contributed by atoms with van der Waals surface area (Å²) in [5.74, 6) is 1.52. The van der Waals surface area contributed by atoms with Gasteiger partial charge in [-0.05, 0) is 48.6 Å². The molecule has 0 unspecified atom stereocenters. The van der Waals surface area contributed by atoms with Crippen LogP contribution < -0.4 is 0 Å². The Morgan fingerprint density at radius 2 is 2.13 bits per heavy atom. The van der Waals surface area contributed by atoms with Crippen LogP contribution in [0.15, 0.2) is 21.9 Å². The van der Waals surface area contributed by atoms with Gasteiger partial charge in [0.2, 0.25) is 0 Å². The molecule has 2 aromatic rings. The predicted octanol–water partition coefficient (Wildman–Crippen LogP) is 3.79. The van der Waals surface area contributed by atoms with Crippen molar-refractivity contribution in [2.75, 3.05) is 0 Å². The van der Waals surface area contributed by atoms with Crippen LogP contribution in [-0.4, -0.2) is 5.78 Å². The Balaban J connectivity index is 2.40. The van der Waals surface area contributed by atoms with Gasteiger partial charge < -0.3 is 4.42 Å². The fraction of sp³-hybridized carbons (Fsp3) is 0.182. The lowest BCUT2D eigenvalue weighted by Crippen LogP contribution is -1.99. The van der Waals surface area contributed by atoms with Gasteiger partial charge >= 0.3 is 0 Å². The summed E-state index contributed by atoms with van der Waals surface area (Å²) < 4.78 is 6.46. The summed E-state index contributed by atoms with van der Waals surface area (Å²) in [5.41, 5.74) is 1.41. The smallest absolute Gasteiger partial charge is 0.197 e. The molecule has 0 aliphatic carbocycles. The molecule has 0 aliphatic heterocycles. The van der Waals surface area contributed by atoms with Crippen molar-refractivity contribution in [3.8, 4) is 0 Å². The van der Waals surface area contributed by atoms with Crippen LogP contribution in [0.4, 0.5) is 0 Å². The van der Waals surface area contributed by atoms with Gasteiger partial charge in [-0.1, -0.05) is 0 Å². The van der Waals surface area contributed by atoms with E-state index in [9.17, 15) is 4.79 Å². The Kier molecular flexibility index (Phi) is 2.97. The highest BCUT2D eigenvalue weighted by Crippen LogP contribution is 2.22. The number of hydrogen-bond donors (Lipinski definition) is 0. The zero-order valence-electron chi connectivity index (χ0n) is 8.33. The van der Waals surface area contributed by atoms with Gasteiger partial charge in [0.25, 0.3) is 0 Å². The molecule has 0 fully saturated rings. The van der Waals surface area contributed by atoms with Crippen LogP contribution in [0.2, 0.25) is 0 Å². The van der Waals surface area contributed by atoms with Crippen molar-refractivity contribution >= 4 is 39.7 Å². The average molecular weight is 332 g/mol. The van der Waals surface area contributed by atoms with E-state index in [0.29, 0.717) is 11.3 Å². The van der Waals surface area contributed by atoms with Gasteiger partial charge in [-0.2, -0.15) is 0 Å². The van der Waals surface area contributed by atoms with Gasteiger partial charge in [-0.15, -0.1) is 11.3 Å². The van der Waals surface area contributed by atoms with E-state index in [2.05, 4.69) is 22.6 Å². The van der Waals surface area contributed by atoms with Gasteiger partial charge in [-0.3, -0.25) is 4.79 Å². The molecule has 0 bridgehead atoms. The van der Waals surface area contributed by atoms with Crippen molar-refractivity contribution in [3.63, 3.8) is 0 Å². The van der Waals surface area contributed by atoms with Gasteiger partial charge in [0.15, 0.2) is 5.78 Å². The first-order valence-corrected chi connectivity index (χ1v) is 6.39. The van der Waals surface area contributed by atoms with Crippen molar-refractivity contribution in [3.05, 3.63) is 43.0 Å².